The fourth-order valence-electron chi connectivity index (χ4n) is 3.97. The van der Waals surface area contributed by atoms with Crippen molar-refractivity contribution in [3.05, 3.63) is 82.4 Å². The summed E-state index contributed by atoms with van der Waals surface area (Å²) in [4.78, 5) is 17.8. The summed E-state index contributed by atoms with van der Waals surface area (Å²) in [5, 5.41) is 12.7. The van der Waals surface area contributed by atoms with Crippen LogP contribution in [-0.4, -0.2) is 27.2 Å². The average Bonchev–Trinajstić information content (AvgIpc) is 3.08. The molecule has 0 unspecified atom stereocenters. The normalized spacial score (nSPS) is 11.1. The van der Waals surface area contributed by atoms with E-state index in [1.54, 1.807) is 6.07 Å². The van der Waals surface area contributed by atoms with E-state index in [1.165, 1.54) is 5.56 Å². The van der Waals surface area contributed by atoms with Gasteiger partial charge in [0.1, 0.15) is 5.82 Å². The standard InChI is InChI=1S/C26H27N3O2/c1-16-8-10-21(14-19(16)4)27-26(31)20-9-11-22-23(15-20)29(12-13-30)25(28-22)24-17(2)6-5-7-18(24)3/h5-11,14-15,30H,12-13H2,1-4H3,(H,27,31). The molecule has 1 heterocycles. The lowest BCUT2D eigenvalue weighted by atomic mass is 10.0. The molecule has 0 aliphatic rings. The molecule has 31 heavy (non-hydrogen) atoms. The summed E-state index contributed by atoms with van der Waals surface area (Å²) in [6.45, 7) is 8.59. The molecule has 3 aromatic carbocycles. The summed E-state index contributed by atoms with van der Waals surface area (Å²) in [6.07, 6.45) is 0. The van der Waals surface area contributed by atoms with Crippen LogP contribution in [0.25, 0.3) is 22.4 Å². The number of nitrogens with zero attached hydrogens (tertiary/aromatic N) is 2. The smallest absolute Gasteiger partial charge is 0.255 e. The Kier molecular flexibility index (Phi) is 5.61. The number of hydrogen-bond donors (Lipinski definition) is 2. The molecule has 0 radical (unpaired) electrons. The molecule has 4 rings (SSSR count). The topological polar surface area (TPSA) is 67.2 Å². The largest absolute Gasteiger partial charge is 0.395 e. The van der Waals surface area contributed by atoms with Gasteiger partial charge in [-0.05, 0) is 80.3 Å². The van der Waals surface area contributed by atoms with Gasteiger partial charge in [-0.15, -0.1) is 0 Å². The number of carbonyl (C=O) groups excluding carboxylic acids is 1. The quantitative estimate of drug-likeness (QED) is 0.474. The van der Waals surface area contributed by atoms with Crippen molar-refractivity contribution >= 4 is 22.6 Å². The third-order valence-corrected chi connectivity index (χ3v) is 5.80. The van der Waals surface area contributed by atoms with Gasteiger partial charge in [-0.1, -0.05) is 24.3 Å². The van der Waals surface area contributed by atoms with E-state index in [0.717, 1.165) is 44.8 Å². The molecule has 1 aromatic heterocycles. The van der Waals surface area contributed by atoms with Crippen molar-refractivity contribution in [2.24, 2.45) is 0 Å². The second kappa shape index (κ2) is 8.36. The number of imidazole rings is 1. The Morgan fingerprint density at radius 2 is 1.68 bits per heavy atom. The number of aryl methyl sites for hydroxylation is 4. The highest BCUT2D eigenvalue weighted by atomic mass is 16.3. The van der Waals surface area contributed by atoms with Crippen molar-refractivity contribution in [1.29, 1.82) is 0 Å². The fraction of sp³-hybridized carbons (Fsp3) is 0.231. The highest BCUT2D eigenvalue weighted by Crippen LogP contribution is 2.30. The predicted molar refractivity (Wildman–Crippen MR) is 126 cm³/mol. The summed E-state index contributed by atoms with van der Waals surface area (Å²) in [6, 6.07) is 17.6. The van der Waals surface area contributed by atoms with Gasteiger partial charge in [-0.2, -0.15) is 0 Å². The van der Waals surface area contributed by atoms with Crippen molar-refractivity contribution in [2.45, 2.75) is 34.2 Å². The molecule has 2 N–H and O–H groups in total. The van der Waals surface area contributed by atoms with Crippen molar-refractivity contribution in [1.82, 2.24) is 9.55 Å². The molecule has 0 atom stereocenters. The Labute approximate surface area is 182 Å². The van der Waals surface area contributed by atoms with Crippen LogP contribution < -0.4 is 5.32 Å². The first-order valence-corrected chi connectivity index (χ1v) is 10.5. The first-order valence-electron chi connectivity index (χ1n) is 10.5. The molecule has 5 heteroatoms. The number of amides is 1. The Bertz CT molecular complexity index is 1270. The lowest BCUT2D eigenvalue weighted by Crippen LogP contribution is -2.12. The first-order chi connectivity index (χ1) is 14.9. The van der Waals surface area contributed by atoms with Crippen LogP contribution in [0.5, 0.6) is 0 Å². The van der Waals surface area contributed by atoms with Crippen molar-refractivity contribution in [3.8, 4) is 11.4 Å². The van der Waals surface area contributed by atoms with Gasteiger partial charge >= 0.3 is 0 Å². The Morgan fingerprint density at radius 3 is 2.35 bits per heavy atom. The van der Waals surface area contributed by atoms with Gasteiger partial charge in [0.25, 0.3) is 5.91 Å². The average molecular weight is 414 g/mol. The molecule has 1 amide bonds. The van der Waals surface area contributed by atoms with Gasteiger partial charge in [0.05, 0.1) is 17.6 Å². The number of anilines is 1. The van der Waals surface area contributed by atoms with Crippen LogP contribution in [0.4, 0.5) is 5.69 Å². The second-order valence-corrected chi connectivity index (χ2v) is 8.03. The molecule has 158 valence electrons. The number of fused-ring (bicyclic) bond motifs is 1. The number of aliphatic hydroxyl groups excluding tert-OH is 1. The minimum Gasteiger partial charge on any atom is -0.395 e. The zero-order valence-electron chi connectivity index (χ0n) is 18.4. The van der Waals surface area contributed by atoms with Gasteiger partial charge < -0.3 is 15.0 Å². The van der Waals surface area contributed by atoms with Crippen molar-refractivity contribution in [3.63, 3.8) is 0 Å². The lowest BCUT2D eigenvalue weighted by molar-refractivity contribution is 0.102. The molecule has 0 fully saturated rings. The molecule has 0 aliphatic heterocycles. The lowest BCUT2D eigenvalue weighted by Gasteiger charge is -2.12. The number of nitrogens with one attached hydrogen (secondary N) is 1. The van der Waals surface area contributed by atoms with Gasteiger partial charge in [0, 0.05) is 23.4 Å². The van der Waals surface area contributed by atoms with E-state index in [0.29, 0.717) is 12.1 Å². The molecular weight excluding hydrogens is 386 g/mol. The van der Waals surface area contributed by atoms with Crippen LogP contribution in [-0.2, 0) is 6.54 Å². The van der Waals surface area contributed by atoms with Gasteiger partial charge in [-0.3, -0.25) is 4.79 Å². The van der Waals surface area contributed by atoms with Crippen LogP contribution in [0, 0.1) is 27.7 Å². The van der Waals surface area contributed by atoms with E-state index in [1.807, 2.05) is 54.8 Å². The molecule has 0 spiro atoms. The zero-order valence-corrected chi connectivity index (χ0v) is 18.4. The molecule has 0 saturated carbocycles. The predicted octanol–water partition coefficient (Wildman–Crippen LogP) is 5.18. The van der Waals surface area contributed by atoms with Crippen LogP contribution in [0.1, 0.15) is 32.6 Å². The van der Waals surface area contributed by atoms with Gasteiger partial charge in [0.15, 0.2) is 0 Å². The van der Waals surface area contributed by atoms with Crippen LogP contribution in [0.3, 0.4) is 0 Å². The van der Waals surface area contributed by atoms with E-state index >= 15 is 0 Å². The number of aliphatic hydroxyl groups is 1. The number of hydrogen-bond acceptors (Lipinski definition) is 3. The van der Waals surface area contributed by atoms with E-state index in [-0.39, 0.29) is 12.5 Å². The van der Waals surface area contributed by atoms with E-state index in [4.69, 9.17) is 4.98 Å². The summed E-state index contributed by atoms with van der Waals surface area (Å²) in [7, 11) is 0. The van der Waals surface area contributed by atoms with E-state index in [9.17, 15) is 9.90 Å². The summed E-state index contributed by atoms with van der Waals surface area (Å²) < 4.78 is 2.00. The maximum absolute atomic E-state index is 12.9. The maximum Gasteiger partial charge on any atom is 0.255 e. The van der Waals surface area contributed by atoms with Crippen LogP contribution >= 0.6 is 0 Å². The Morgan fingerprint density at radius 1 is 0.935 bits per heavy atom. The highest BCUT2D eigenvalue weighted by molar-refractivity contribution is 6.06. The molecule has 4 aromatic rings. The van der Waals surface area contributed by atoms with Crippen LogP contribution in [0.2, 0.25) is 0 Å². The highest BCUT2D eigenvalue weighted by Gasteiger charge is 2.17. The molecule has 0 bridgehead atoms. The number of carbonyl (C=O) groups is 1. The minimum atomic E-state index is -0.171. The minimum absolute atomic E-state index is 0.0115. The zero-order chi connectivity index (χ0) is 22.1. The number of aromatic nitrogens is 2. The number of benzene rings is 3. The molecule has 0 saturated heterocycles. The van der Waals surface area contributed by atoms with Crippen LogP contribution in [0.15, 0.2) is 54.6 Å². The summed E-state index contributed by atoms with van der Waals surface area (Å²) >= 11 is 0. The Balaban J connectivity index is 1.77. The monoisotopic (exact) mass is 413 g/mol. The third-order valence-electron chi connectivity index (χ3n) is 5.80. The van der Waals surface area contributed by atoms with Crippen molar-refractivity contribution in [2.75, 3.05) is 11.9 Å². The molecule has 5 nitrogen and oxygen atoms in total. The van der Waals surface area contributed by atoms with Crippen molar-refractivity contribution < 1.29 is 9.90 Å². The number of rotatable bonds is 5. The Hall–Kier alpha value is -3.44. The SMILES string of the molecule is Cc1ccc(NC(=O)c2ccc3nc(-c4c(C)cccc4C)n(CCO)c3c2)cc1C. The summed E-state index contributed by atoms with van der Waals surface area (Å²) in [5.74, 6) is 0.641. The molecule has 0 aliphatic carbocycles. The summed E-state index contributed by atoms with van der Waals surface area (Å²) in [5.41, 5.74) is 8.59. The van der Waals surface area contributed by atoms with E-state index < -0.39 is 0 Å². The molecular formula is C26H27N3O2. The third kappa shape index (κ3) is 3.97. The maximum atomic E-state index is 12.9. The van der Waals surface area contributed by atoms with Gasteiger partial charge in [0.2, 0.25) is 0 Å². The fourth-order valence-corrected chi connectivity index (χ4v) is 3.97. The van der Waals surface area contributed by atoms with Gasteiger partial charge in [-0.25, -0.2) is 4.98 Å². The first kappa shape index (κ1) is 20.8. The second-order valence-electron chi connectivity index (χ2n) is 8.03. The van der Waals surface area contributed by atoms with E-state index in [2.05, 4.69) is 31.3 Å².